The monoisotopic (exact) mass is 263 g/mol. The predicted molar refractivity (Wildman–Crippen MR) is 77.4 cm³/mol. The summed E-state index contributed by atoms with van der Waals surface area (Å²) >= 11 is 0. The molecule has 0 aromatic heterocycles. The number of hydrogen-bond donors (Lipinski definition) is 1. The second kappa shape index (κ2) is 5.19. The summed E-state index contributed by atoms with van der Waals surface area (Å²) in [5.74, 6) is 0.503. The fourth-order valence-electron chi connectivity index (χ4n) is 2.31. The summed E-state index contributed by atoms with van der Waals surface area (Å²) in [5, 5.41) is 8.19. The minimum absolute atomic E-state index is 0.0992. The molecule has 0 amide bonds. The third-order valence-electron chi connectivity index (χ3n) is 3.50. The largest absolute Gasteiger partial charge is 0.368 e. The lowest BCUT2D eigenvalue weighted by Gasteiger charge is -2.40. The van der Waals surface area contributed by atoms with Gasteiger partial charge in [-0.2, -0.15) is 0 Å². The third kappa shape index (κ3) is 3.25. The van der Waals surface area contributed by atoms with Gasteiger partial charge in [0, 0.05) is 37.3 Å². The van der Waals surface area contributed by atoms with Crippen LogP contribution in [0.5, 0.6) is 0 Å². The first kappa shape index (κ1) is 13.8. The van der Waals surface area contributed by atoms with Crippen molar-refractivity contribution in [2.45, 2.75) is 20.8 Å². The van der Waals surface area contributed by atoms with Crippen molar-refractivity contribution in [3.63, 3.8) is 0 Å². The molecule has 3 nitrogen and oxygen atoms in total. The van der Waals surface area contributed by atoms with Crippen molar-refractivity contribution < 1.29 is 4.39 Å². The molecule has 1 aliphatic heterocycles. The summed E-state index contributed by atoms with van der Waals surface area (Å²) in [7, 11) is 0. The first-order valence-corrected chi connectivity index (χ1v) is 6.72. The molecule has 0 saturated carbocycles. The first-order chi connectivity index (χ1) is 8.88. The van der Waals surface area contributed by atoms with E-state index in [4.69, 9.17) is 5.41 Å². The molecule has 104 valence electrons. The van der Waals surface area contributed by atoms with Gasteiger partial charge in [-0.1, -0.05) is 20.8 Å². The van der Waals surface area contributed by atoms with Crippen molar-refractivity contribution >= 4 is 11.5 Å². The highest BCUT2D eigenvalue weighted by molar-refractivity contribution is 5.84. The molecule has 1 fully saturated rings. The van der Waals surface area contributed by atoms with Gasteiger partial charge in [0.1, 0.15) is 11.7 Å². The fourth-order valence-corrected chi connectivity index (χ4v) is 2.31. The van der Waals surface area contributed by atoms with E-state index in [1.165, 1.54) is 12.1 Å². The molecule has 2 rings (SSSR count). The summed E-state index contributed by atoms with van der Waals surface area (Å²) in [6.07, 6.45) is 0. The number of rotatable bonds is 1. The van der Waals surface area contributed by atoms with E-state index in [1.54, 1.807) is 0 Å². The Hall–Kier alpha value is -1.58. The van der Waals surface area contributed by atoms with E-state index in [2.05, 4.69) is 30.6 Å². The number of anilines is 1. The van der Waals surface area contributed by atoms with E-state index in [0.717, 1.165) is 31.9 Å². The Morgan fingerprint density at radius 3 is 2.05 bits per heavy atom. The Balaban J connectivity index is 1.96. The van der Waals surface area contributed by atoms with Crippen molar-refractivity contribution in [3.05, 3.63) is 30.1 Å². The van der Waals surface area contributed by atoms with Gasteiger partial charge in [-0.05, 0) is 24.3 Å². The minimum Gasteiger partial charge on any atom is -0.368 e. The van der Waals surface area contributed by atoms with E-state index in [0.29, 0.717) is 5.84 Å². The molecule has 0 bridgehead atoms. The highest BCUT2D eigenvalue weighted by Gasteiger charge is 2.26. The Morgan fingerprint density at radius 2 is 1.58 bits per heavy atom. The molecule has 0 atom stereocenters. The predicted octanol–water partition coefficient (Wildman–Crippen LogP) is 2.97. The highest BCUT2D eigenvalue weighted by atomic mass is 19.1. The Kier molecular flexibility index (Phi) is 3.78. The molecule has 1 aromatic rings. The summed E-state index contributed by atoms with van der Waals surface area (Å²) < 4.78 is 12.9. The van der Waals surface area contributed by atoms with Gasteiger partial charge >= 0.3 is 0 Å². The van der Waals surface area contributed by atoms with Crippen LogP contribution in [0.15, 0.2) is 24.3 Å². The molecular formula is C15H22FN3. The van der Waals surface area contributed by atoms with Crippen molar-refractivity contribution in [2.24, 2.45) is 5.41 Å². The van der Waals surface area contributed by atoms with Crippen molar-refractivity contribution in [2.75, 3.05) is 31.1 Å². The lowest BCUT2D eigenvalue weighted by Crippen LogP contribution is -2.51. The van der Waals surface area contributed by atoms with Crippen LogP contribution < -0.4 is 4.90 Å². The number of hydrogen-bond acceptors (Lipinski definition) is 2. The van der Waals surface area contributed by atoms with Crippen LogP contribution in [0.25, 0.3) is 0 Å². The molecule has 0 aliphatic carbocycles. The van der Waals surface area contributed by atoms with E-state index < -0.39 is 0 Å². The van der Waals surface area contributed by atoms with Crippen LogP contribution >= 0.6 is 0 Å². The fraction of sp³-hybridized carbons (Fsp3) is 0.533. The molecule has 1 saturated heterocycles. The Bertz CT molecular complexity index is 439. The van der Waals surface area contributed by atoms with Crippen molar-refractivity contribution in [1.82, 2.24) is 4.90 Å². The van der Waals surface area contributed by atoms with Crippen LogP contribution in [0, 0.1) is 16.6 Å². The summed E-state index contributed by atoms with van der Waals surface area (Å²) in [6, 6.07) is 6.64. The lowest BCUT2D eigenvalue weighted by atomic mass is 9.93. The lowest BCUT2D eigenvalue weighted by molar-refractivity contribution is 0.343. The second-order valence-electron chi connectivity index (χ2n) is 6.05. The van der Waals surface area contributed by atoms with Gasteiger partial charge in [-0.3, -0.25) is 5.41 Å². The zero-order chi connectivity index (χ0) is 14.0. The summed E-state index contributed by atoms with van der Waals surface area (Å²) in [5.41, 5.74) is 0.959. The van der Waals surface area contributed by atoms with Crippen molar-refractivity contribution in [1.29, 1.82) is 5.41 Å². The number of nitrogens with zero attached hydrogens (tertiary/aromatic N) is 2. The average Bonchev–Trinajstić information content (AvgIpc) is 2.38. The van der Waals surface area contributed by atoms with Crippen LogP contribution in [0.2, 0.25) is 0 Å². The SMILES string of the molecule is CC(C)(C)C(=N)N1CCN(c2ccc(F)cc2)CC1. The molecule has 1 N–H and O–H groups in total. The zero-order valence-corrected chi connectivity index (χ0v) is 11.9. The number of amidine groups is 1. The molecule has 0 spiro atoms. The Morgan fingerprint density at radius 1 is 1.05 bits per heavy atom. The van der Waals surface area contributed by atoms with E-state index in [9.17, 15) is 4.39 Å². The van der Waals surface area contributed by atoms with Gasteiger partial charge in [0.15, 0.2) is 0 Å². The van der Waals surface area contributed by atoms with E-state index >= 15 is 0 Å². The van der Waals surface area contributed by atoms with E-state index in [1.807, 2.05) is 12.1 Å². The average molecular weight is 263 g/mol. The molecule has 0 radical (unpaired) electrons. The summed E-state index contributed by atoms with van der Waals surface area (Å²) in [6.45, 7) is 9.68. The highest BCUT2D eigenvalue weighted by Crippen LogP contribution is 2.21. The molecule has 1 aromatic carbocycles. The maximum absolute atomic E-state index is 12.9. The van der Waals surface area contributed by atoms with Gasteiger partial charge < -0.3 is 9.80 Å². The van der Waals surface area contributed by atoms with Crippen LogP contribution in [-0.4, -0.2) is 36.9 Å². The molecule has 1 aliphatic rings. The van der Waals surface area contributed by atoms with Crippen LogP contribution in [0.4, 0.5) is 10.1 Å². The first-order valence-electron chi connectivity index (χ1n) is 6.72. The van der Waals surface area contributed by atoms with Gasteiger partial charge in [0.2, 0.25) is 0 Å². The number of piperazine rings is 1. The zero-order valence-electron chi connectivity index (χ0n) is 11.9. The molecule has 4 heteroatoms. The summed E-state index contributed by atoms with van der Waals surface area (Å²) in [4.78, 5) is 4.38. The van der Waals surface area contributed by atoms with Crippen LogP contribution in [0.3, 0.4) is 0 Å². The van der Waals surface area contributed by atoms with E-state index in [-0.39, 0.29) is 11.2 Å². The van der Waals surface area contributed by atoms with Gasteiger partial charge in [0.05, 0.1) is 0 Å². The van der Waals surface area contributed by atoms with Crippen LogP contribution in [-0.2, 0) is 0 Å². The quantitative estimate of drug-likeness (QED) is 0.623. The Labute approximate surface area is 114 Å². The van der Waals surface area contributed by atoms with Gasteiger partial charge in [-0.15, -0.1) is 0 Å². The van der Waals surface area contributed by atoms with Gasteiger partial charge in [0.25, 0.3) is 0 Å². The smallest absolute Gasteiger partial charge is 0.123 e. The number of benzene rings is 1. The minimum atomic E-state index is -0.197. The molecule has 1 heterocycles. The normalized spacial score (nSPS) is 16.6. The standard InChI is InChI=1S/C15H22FN3/c1-15(2,3)14(17)19-10-8-18(9-11-19)13-6-4-12(16)5-7-13/h4-7,17H,8-11H2,1-3H3. The maximum atomic E-state index is 12.9. The topological polar surface area (TPSA) is 30.3 Å². The number of halogens is 1. The van der Waals surface area contributed by atoms with Gasteiger partial charge in [-0.25, -0.2) is 4.39 Å². The molecule has 19 heavy (non-hydrogen) atoms. The van der Waals surface area contributed by atoms with Crippen LogP contribution in [0.1, 0.15) is 20.8 Å². The maximum Gasteiger partial charge on any atom is 0.123 e. The molecular weight excluding hydrogens is 241 g/mol. The van der Waals surface area contributed by atoms with Crippen molar-refractivity contribution in [3.8, 4) is 0 Å². The third-order valence-corrected chi connectivity index (χ3v) is 3.50. The number of nitrogens with one attached hydrogen (secondary N) is 1. The molecule has 0 unspecified atom stereocenters. The second-order valence-corrected chi connectivity index (χ2v) is 6.05.